The Morgan fingerprint density at radius 3 is 1.76 bits per heavy atom. The monoisotopic (exact) mass is 292 g/mol. The van der Waals surface area contributed by atoms with Crippen molar-refractivity contribution < 1.29 is 35.6 Å². The lowest BCUT2D eigenvalue weighted by molar-refractivity contribution is -0.144. The largest absolute Gasteiger partial charge is 0.481 e. The van der Waals surface area contributed by atoms with Crippen molar-refractivity contribution in [1.82, 2.24) is 0 Å². The second kappa shape index (κ2) is 5.70. The van der Waals surface area contributed by atoms with Crippen molar-refractivity contribution in [1.29, 1.82) is 0 Å². The standard InChI is InChI=1S/C5H9NO4S.H3NO4S/c6-11(9,10)4-1-3(2-4)5(7)8;1-5-6(2,3)4/h3-4H,1-2H2,(H,7,8)(H2,6,9,10);1H2,(H,2,3,4)/t3-,4-;. The fourth-order valence-electron chi connectivity index (χ4n) is 1.04. The van der Waals surface area contributed by atoms with Gasteiger partial charge in [0.05, 0.1) is 11.2 Å². The van der Waals surface area contributed by atoms with Crippen LogP contribution in [-0.4, -0.2) is 37.7 Å². The predicted molar refractivity (Wildman–Crippen MR) is 54.1 cm³/mol. The van der Waals surface area contributed by atoms with Crippen molar-refractivity contribution >= 4 is 26.4 Å². The molecule has 0 radical (unpaired) electrons. The van der Waals surface area contributed by atoms with E-state index >= 15 is 0 Å². The van der Waals surface area contributed by atoms with Crippen LogP contribution in [0.25, 0.3) is 0 Å². The number of hydrogen-bond donors (Lipinski definition) is 4. The summed E-state index contributed by atoms with van der Waals surface area (Å²) < 4.78 is 50.0. The molecule has 6 N–H and O–H groups in total. The Hall–Kier alpha value is -0.790. The SMILES string of the molecule is NOS(=O)(=O)O.NS(=O)(=O)[C@H]1C[C@H](C(=O)O)C1. The highest BCUT2D eigenvalue weighted by atomic mass is 32.3. The maximum Gasteiger partial charge on any atom is 0.413 e. The van der Waals surface area contributed by atoms with E-state index in [2.05, 4.69) is 10.2 Å². The third kappa shape index (κ3) is 6.50. The van der Waals surface area contributed by atoms with Crippen LogP contribution < -0.4 is 11.0 Å². The zero-order chi connectivity index (χ0) is 13.9. The first kappa shape index (κ1) is 16.2. The Morgan fingerprint density at radius 1 is 1.24 bits per heavy atom. The minimum atomic E-state index is -4.38. The van der Waals surface area contributed by atoms with E-state index in [-0.39, 0.29) is 12.8 Å². The molecule has 1 aliphatic carbocycles. The minimum Gasteiger partial charge on any atom is -0.481 e. The molecule has 1 aliphatic rings. The summed E-state index contributed by atoms with van der Waals surface area (Å²) in [6.07, 6.45) is 0.322. The van der Waals surface area contributed by atoms with Gasteiger partial charge in [-0.05, 0) is 12.8 Å². The molecule has 0 amide bonds. The average Bonchev–Trinajstić information content (AvgIpc) is 1.97. The zero-order valence-electron chi connectivity index (χ0n) is 8.38. The zero-order valence-corrected chi connectivity index (χ0v) is 10.0. The van der Waals surface area contributed by atoms with E-state index in [1.54, 1.807) is 0 Å². The van der Waals surface area contributed by atoms with E-state index in [0.29, 0.717) is 0 Å². The van der Waals surface area contributed by atoms with E-state index < -0.39 is 37.6 Å². The van der Waals surface area contributed by atoms with Crippen molar-refractivity contribution in [3.8, 4) is 0 Å². The van der Waals surface area contributed by atoms with Gasteiger partial charge in [-0.25, -0.2) is 13.6 Å². The van der Waals surface area contributed by atoms with Gasteiger partial charge in [-0.3, -0.25) is 9.35 Å². The molecule has 0 heterocycles. The van der Waals surface area contributed by atoms with Gasteiger partial charge in [0, 0.05) is 0 Å². The van der Waals surface area contributed by atoms with E-state index in [4.69, 9.17) is 14.8 Å². The van der Waals surface area contributed by atoms with Gasteiger partial charge in [0.2, 0.25) is 10.0 Å². The lowest BCUT2D eigenvalue weighted by atomic mass is 9.85. The Labute approximate surface area is 97.5 Å². The van der Waals surface area contributed by atoms with Crippen LogP contribution in [0.1, 0.15) is 12.8 Å². The molecule has 1 saturated carbocycles. The molecule has 102 valence electrons. The Kier molecular flexibility index (Phi) is 5.44. The molecular formula is C5H12N2O8S2. The summed E-state index contributed by atoms with van der Waals surface area (Å²) in [5.74, 6) is 2.51. The van der Waals surface area contributed by atoms with E-state index in [0.717, 1.165) is 0 Å². The number of rotatable bonds is 3. The van der Waals surface area contributed by atoms with Crippen molar-refractivity contribution in [2.24, 2.45) is 17.0 Å². The van der Waals surface area contributed by atoms with Gasteiger partial charge < -0.3 is 5.11 Å². The molecule has 1 fully saturated rings. The summed E-state index contributed by atoms with van der Waals surface area (Å²) >= 11 is 0. The number of sulfonamides is 1. The quantitative estimate of drug-likeness (QED) is 0.331. The fourth-order valence-corrected chi connectivity index (χ4v) is 2.04. The molecule has 0 atom stereocenters. The van der Waals surface area contributed by atoms with E-state index in [1.807, 2.05) is 0 Å². The Bertz CT molecular complexity index is 462. The third-order valence-corrected chi connectivity index (χ3v) is 3.59. The first-order chi connectivity index (χ1) is 7.47. The molecule has 1 rings (SSSR count). The molecule has 0 saturated heterocycles. The van der Waals surface area contributed by atoms with Gasteiger partial charge in [0.25, 0.3) is 0 Å². The maximum absolute atomic E-state index is 10.6. The van der Waals surface area contributed by atoms with E-state index in [1.165, 1.54) is 0 Å². The van der Waals surface area contributed by atoms with Gasteiger partial charge in [0.1, 0.15) is 0 Å². The summed E-state index contributed by atoms with van der Waals surface area (Å²) in [6, 6.07) is 0. The second-order valence-electron chi connectivity index (χ2n) is 3.24. The van der Waals surface area contributed by atoms with Crippen LogP contribution in [0.15, 0.2) is 0 Å². The number of carboxylic acid groups (broad SMARTS) is 1. The summed E-state index contributed by atoms with van der Waals surface area (Å²) in [7, 11) is -7.88. The first-order valence-electron chi connectivity index (χ1n) is 4.07. The molecule has 0 aromatic rings. The Morgan fingerprint density at radius 2 is 1.59 bits per heavy atom. The number of aliphatic carboxylic acids is 1. The molecule has 0 bridgehead atoms. The average molecular weight is 292 g/mol. The summed E-state index contributed by atoms with van der Waals surface area (Å²) in [5.41, 5.74) is 0. The molecule has 12 heteroatoms. The minimum absolute atomic E-state index is 0.161. The van der Waals surface area contributed by atoms with Gasteiger partial charge in [-0.2, -0.15) is 18.6 Å². The van der Waals surface area contributed by atoms with Gasteiger partial charge in [0.15, 0.2) is 0 Å². The highest BCUT2D eigenvalue weighted by Crippen LogP contribution is 2.31. The summed E-state index contributed by atoms with van der Waals surface area (Å²) in [5, 5.41) is 12.5. The van der Waals surface area contributed by atoms with Crippen LogP contribution in [0.3, 0.4) is 0 Å². The van der Waals surface area contributed by atoms with Gasteiger partial charge in [-0.15, -0.1) is 0 Å². The molecule has 0 aliphatic heterocycles. The van der Waals surface area contributed by atoms with Gasteiger partial charge >= 0.3 is 16.4 Å². The molecule has 17 heavy (non-hydrogen) atoms. The lowest BCUT2D eigenvalue weighted by Crippen LogP contribution is -2.42. The van der Waals surface area contributed by atoms with Crippen molar-refractivity contribution in [3.05, 3.63) is 0 Å². The predicted octanol–water partition coefficient (Wildman–Crippen LogP) is -2.18. The molecule has 0 unspecified atom stereocenters. The molecule has 10 nitrogen and oxygen atoms in total. The third-order valence-electron chi connectivity index (χ3n) is 2.03. The van der Waals surface area contributed by atoms with Crippen molar-refractivity contribution in [2.45, 2.75) is 18.1 Å². The van der Waals surface area contributed by atoms with Crippen molar-refractivity contribution in [2.75, 3.05) is 0 Å². The van der Waals surface area contributed by atoms with Crippen LogP contribution in [-0.2, 0) is 29.5 Å². The number of nitrogens with two attached hydrogens (primary N) is 2. The maximum atomic E-state index is 10.6. The Balaban J connectivity index is 0.000000366. The number of primary sulfonamides is 1. The normalized spacial score (nSPS) is 24.2. The number of carboxylic acids is 1. The molecular weight excluding hydrogens is 280 g/mol. The highest BCUT2D eigenvalue weighted by molar-refractivity contribution is 7.89. The van der Waals surface area contributed by atoms with Crippen LogP contribution in [0.4, 0.5) is 0 Å². The number of hydrogen-bond acceptors (Lipinski definition) is 7. The van der Waals surface area contributed by atoms with Crippen molar-refractivity contribution in [3.63, 3.8) is 0 Å². The number of carbonyl (C=O) groups is 1. The molecule has 0 spiro atoms. The second-order valence-corrected chi connectivity index (χ2v) is 6.13. The summed E-state index contributed by atoms with van der Waals surface area (Å²) in [6.45, 7) is 0. The van der Waals surface area contributed by atoms with Crippen LogP contribution in [0.5, 0.6) is 0 Å². The van der Waals surface area contributed by atoms with E-state index in [9.17, 15) is 21.6 Å². The van der Waals surface area contributed by atoms with Gasteiger partial charge in [-0.1, -0.05) is 0 Å². The highest BCUT2D eigenvalue weighted by Gasteiger charge is 2.40. The smallest absolute Gasteiger partial charge is 0.413 e. The van der Waals surface area contributed by atoms with Crippen LogP contribution in [0, 0.1) is 5.92 Å². The van der Waals surface area contributed by atoms with Crippen LogP contribution >= 0.6 is 0 Å². The molecule has 0 aromatic carbocycles. The topological polar surface area (TPSA) is 187 Å². The fraction of sp³-hybridized carbons (Fsp3) is 0.800. The lowest BCUT2D eigenvalue weighted by Gasteiger charge is -2.29. The van der Waals surface area contributed by atoms with Crippen LogP contribution in [0.2, 0.25) is 0 Å². The molecule has 0 aromatic heterocycles. The summed E-state index contributed by atoms with van der Waals surface area (Å²) in [4.78, 5) is 10.2. The first-order valence-corrected chi connectivity index (χ1v) is 7.05.